The molecule has 0 aromatic heterocycles. The second-order valence-electron chi connectivity index (χ2n) is 10.2. The summed E-state index contributed by atoms with van der Waals surface area (Å²) in [5.74, 6) is -1.78. The van der Waals surface area contributed by atoms with Gasteiger partial charge in [0.2, 0.25) is 0 Å². The fraction of sp³-hybridized carbons (Fsp3) is 0.500. The van der Waals surface area contributed by atoms with Gasteiger partial charge in [0.25, 0.3) is 0 Å². The molecule has 9 heteroatoms. The monoisotopic (exact) mass is 514 g/mol. The molecule has 2 heterocycles. The molecule has 1 N–H and O–H groups in total. The van der Waals surface area contributed by atoms with Gasteiger partial charge in [0.15, 0.2) is 0 Å². The average molecular weight is 515 g/mol. The maximum Gasteiger partial charge on any atom is 0.471 e. The molecule has 1 saturated heterocycles. The molecule has 6 nitrogen and oxygen atoms in total. The zero-order valence-electron chi connectivity index (χ0n) is 20.8. The molecule has 2 aromatic rings. The van der Waals surface area contributed by atoms with Crippen LogP contribution in [0, 0.1) is 0 Å². The first-order chi connectivity index (χ1) is 17.8. The first-order valence-corrected chi connectivity index (χ1v) is 13.1. The van der Waals surface area contributed by atoms with Gasteiger partial charge in [-0.2, -0.15) is 13.2 Å². The molecular weight excluding hydrogens is 481 g/mol. The van der Waals surface area contributed by atoms with E-state index in [0.717, 1.165) is 53.9 Å². The lowest BCUT2D eigenvalue weighted by Crippen LogP contribution is -2.44. The van der Waals surface area contributed by atoms with Crippen molar-refractivity contribution < 1.29 is 22.8 Å². The third-order valence-corrected chi connectivity index (χ3v) is 7.95. The second kappa shape index (κ2) is 10.7. The molecule has 0 radical (unpaired) electrons. The topological polar surface area (TPSA) is 55.9 Å². The minimum atomic E-state index is -4.86. The number of fused-ring (bicyclic) bond motifs is 1. The Labute approximate surface area is 215 Å². The van der Waals surface area contributed by atoms with Crippen LogP contribution in [0.25, 0.3) is 0 Å². The number of benzene rings is 2. The highest BCUT2D eigenvalue weighted by Crippen LogP contribution is 2.31. The maximum atomic E-state index is 13.3. The Morgan fingerprint density at radius 1 is 0.892 bits per heavy atom. The number of hydrogen-bond acceptors (Lipinski definition) is 3. The Morgan fingerprint density at radius 2 is 1.59 bits per heavy atom. The second-order valence-corrected chi connectivity index (χ2v) is 10.2. The smallest absolute Gasteiger partial charge is 0.334 e. The lowest BCUT2D eigenvalue weighted by molar-refractivity contribution is -0.185. The zero-order chi connectivity index (χ0) is 26.0. The third kappa shape index (κ3) is 5.76. The van der Waals surface area contributed by atoms with Crippen LogP contribution >= 0.6 is 0 Å². The molecule has 0 spiro atoms. The Morgan fingerprint density at radius 3 is 2.30 bits per heavy atom. The fourth-order valence-corrected chi connectivity index (χ4v) is 5.84. The minimum Gasteiger partial charge on any atom is -0.334 e. The van der Waals surface area contributed by atoms with Gasteiger partial charge in [-0.3, -0.25) is 9.69 Å². The number of urea groups is 1. The van der Waals surface area contributed by atoms with Gasteiger partial charge in [0.1, 0.15) is 0 Å². The van der Waals surface area contributed by atoms with Crippen molar-refractivity contribution in [2.24, 2.45) is 0 Å². The average Bonchev–Trinajstić information content (AvgIpc) is 3.15. The van der Waals surface area contributed by atoms with Crippen molar-refractivity contribution >= 4 is 17.6 Å². The summed E-state index contributed by atoms with van der Waals surface area (Å²) in [4.78, 5) is 29.7. The Kier molecular flexibility index (Phi) is 7.42. The van der Waals surface area contributed by atoms with Crippen LogP contribution in [0.4, 0.5) is 23.7 Å². The summed E-state index contributed by atoms with van der Waals surface area (Å²) in [6, 6.07) is 16.7. The highest BCUT2D eigenvalue weighted by Gasteiger charge is 2.42. The van der Waals surface area contributed by atoms with E-state index in [0.29, 0.717) is 32.0 Å². The standard InChI is InChI=1S/C28H33F3N4O2/c29-28(30,31)26(36)33-14-12-21-6-9-25(18-22(21)13-15-33)35-17-16-34(27(35)37)24-10-7-23(8-11-24)32-19-20-4-2-1-3-5-20/h1-6,9,18,23-24,32H,7-8,10-17,19H2. The molecule has 5 rings (SSSR count). The van der Waals surface area contributed by atoms with Crippen LogP contribution in [0.5, 0.6) is 0 Å². The van der Waals surface area contributed by atoms with E-state index in [4.69, 9.17) is 0 Å². The van der Waals surface area contributed by atoms with E-state index in [1.165, 1.54) is 5.56 Å². The van der Waals surface area contributed by atoms with Crippen molar-refractivity contribution in [2.75, 3.05) is 31.1 Å². The molecule has 3 aliphatic rings. The summed E-state index contributed by atoms with van der Waals surface area (Å²) in [5.41, 5.74) is 3.90. The van der Waals surface area contributed by atoms with E-state index in [1.54, 1.807) is 4.90 Å². The molecule has 1 aliphatic carbocycles. The van der Waals surface area contributed by atoms with Gasteiger partial charge in [-0.05, 0) is 67.3 Å². The summed E-state index contributed by atoms with van der Waals surface area (Å²) >= 11 is 0. The van der Waals surface area contributed by atoms with Crippen LogP contribution < -0.4 is 10.2 Å². The van der Waals surface area contributed by atoms with Crippen molar-refractivity contribution in [1.29, 1.82) is 0 Å². The van der Waals surface area contributed by atoms with E-state index in [1.807, 2.05) is 41.3 Å². The van der Waals surface area contributed by atoms with Gasteiger partial charge in [0.05, 0.1) is 0 Å². The van der Waals surface area contributed by atoms with Crippen LogP contribution in [-0.2, 0) is 24.2 Å². The molecule has 3 amide bonds. The van der Waals surface area contributed by atoms with E-state index < -0.39 is 12.1 Å². The zero-order valence-corrected chi connectivity index (χ0v) is 20.8. The van der Waals surface area contributed by atoms with Gasteiger partial charge in [-0.1, -0.05) is 36.4 Å². The van der Waals surface area contributed by atoms with E-state index >= 15 is 0 Å². The quantitative estimate of drug-likeness (QED) is 0.639. The molecule has 2 fully saturated rings. The Balaban J connectivity index is 1.16. The van der Waals surface area contributed by atoms with Crippen LogP contribution in [0.2, 0.25) is 0 Å². The Bertz CT molecular complexity index is 1120. The van der Waals surface area contributed by atoms with E-state index in [2.05, 4.69) is 17.4 Å². The van der Waals surface area contributed by atoms with Crippen molar-refractivity contribution in [1.82, 2.24) is 15.1 Å². The first kappa shape index (κ1) is 25.6. The van der Waals surface area contributed by atoms with Gasteiger partial charge in [0, 0.05) is 50.5 Å². The summed E-state index contributed by atoms with van der Waals surface area (Å²) in [7, 11) is 0. The van der Waals surface area contributed by atoms with Gasteiger partial charge < -0.3 is 15.1 Å². The van der Waals surface area contributed by atoms with Crippen molar-refractivity contribution in [3.63, 3.8) is 0 Å². The third-order valence-electron chi connectivity index (χ3n) is 7.95. The fourth-order valence-electron chi connectivity index (χ4n) is 5.84. The molecule has 0 bridgehead atoms. The summed E-state index contributed by atoms with van der Waals surface area (Å²) in [5, 5.41) is 3.65. The number of alkyl halides is 3. The highest BCUT2D eigenvalue weighted by atomic mass is 19.4. The lowest BCUT2D eigenvalue weighted by atomic mass is 9.90. The number of carbonyl (C=O) groups excluding carboxylic acids is 2. The van der Waals surface area contributed by atoms with Crippen molar-refractivity contribution in [2.45, 2.75) is 63.3 Å². The number of anilines is 1. The predicted octanol–water partition coefficient (Wildman–Crippen LogP) is 4.52. The van der Waals surface area contributed by atoms with E-state index in [9.17, 15) is 22.8 Å². The number of nitrogens with one attached hydrogen (secondary N) is 1. The lowest BCUT2D eigenvalue weighted by Gasteiger charge is -2.35. The number of nitrogens with zero attached hydrogens (tertiary/aromatic N) is 3. The Hall–Kier alpha value is -3.07. The van der Waals surface area contributed by atoms with Crippen LogP contribution in [0.3, 0.4) is 0 Å². The van der Waals surface area contributed by atoms with Crippen molar-refractivity contribution in [3.05, 3.63) is 65.2 Å². The molecular formula is C28H33F3N4O2. The first-order valence-electron chi connectivity index (χ1n) is 13.1. The number of carbonyl (C=O) groups is 2. The normalized spacial score (nSPS) is 22.7. The molecule has 0 atom stereocenters. The predicted molar refractivity (Wildman–Crippen MR) is 135 cm³/mol. The van der Waals surface area contributed by atoms with E-state index in [-0.39, 0.29) is 25.2 Å². The van der Waals surface area contributed by atoms with Crippen LogP contribution in [0.1, 0.15) is 42.4 Å². The summed E-state index contributed by atoms with van der Waals surface area (Å²) < 4.78 is 38.7. The van der Waals surface area contributed by atoms with Crippen molar-refractivity contribution in [3.8, 4) is 0 Å². The molecule has 2 aromatic carbocycles. The molecule has 0 unspecified atom stereocenters. The molecule has 198 valence electrons. The van der Waals surface area contributed by atoms with Gasteiger partial charge in [-0.15, -0.1) is 0 Å². The van der Waals surface area contributed by atoms with Crippen LogP contribution in [-0.4, -0.2) is 66.2 Å². The van der Waals surface area contributed by atoms with Gasteiger partial charge in [-0.25, -0.2) is 4.79 Å². The summed E-state index contributed by atoms with van der Waals surface area (Å²) in [6.07, 6.45) is -0.126. The highest BCUT2D eigenvalue weighted by molar-refractivity contribution is 5.94. The minimum absolute atomic E-state index is 0.00291. The molecule has 1 saturated carbocycles. The van der Waals surface area contributed by atoms with Gasteiger partial charge >= 0.3 is 18.1 Å². The maximum absolute atomic E-state index is 13.3. The number of hydrogen-bond donors (Lipinski definition) is 1. The number of rotatable bonds is 5. The number of halogens is 3. The largest absolute Gasteiger partial charge is 0.471 e. The SMILES string of the molecule is O=C1N(c2ccc3c(c2)CCN(C(=O)C(F)(F)F)CC3)CCN1C1CCC(NCc2ccccc2)CC1. The molecule has 2 aliphatic heterocycles. The van der Waals surface area contributed by atoms with Crippen LogP contribution in [0.15, 0.2) is 48.5 Å². The number of amides is 3. The molecule has 37 heavy (non-hydrogen) atoms. The summed E-state index contributed by atoms with van der Waals surface area (Å²) in [6.45, 7) is 2.20.